The van der Waals surface area contributed by atoms with E-state index in [2.05, 4.69) is 25.8 Å². The number of anilines is 1. The molecule has 0 unspecified atom stereocenters. The first-order valence-corrected chi connectivity index (χ1v) is 18.0. The van der Waals surface area contributed by atoms with Crippen molar-refractivity contribution in [1.29, 1.82) is 0 Å². The second-order valence-corrected chi connectivity index (χ2v) is 14.8. The van der Waals surface area contributed by atoms with Crippen molar-refractivity contribution < 1.29 is 37.2 Å². The van der Waals surface area contributed by atoms with Gasteiger partial charge in [0.25, 0.3) is 5.91 Å². The molecule has 1 saturated heterocycles. The van der Waals surface area contributed by atoms with Crippen molar-refractivity contribution in [2.45, 2.75) is 87.4 Å². The number of halogens is 1. The van der Waals surface area contributed by atoms with Gasteiger partial charge in [-0.1, -0.05) is 42.2 Å². The molecule has 49 heavy (non-hydrogen) atoms. The normalized spacial score (nSPS) is 20.7. The minimum atomic E-state index is -4.00. The van der Waals surface area contributed by atoms with Crippen LogP contribution in [0.5, 0.6) is 0 Å². The van der Waals surface area contributed by atoms with Gasteiger partial charge in [-0.15, -0.1) is 0 Å². The predicted octanol–water partition coefficient (Wildman–Crippen LogP) is 2.26. The standard InChI is InChI=1S/C33H39ClN6O8S/c1-3-5-26(30(43)32(45)37-24-8-9-24)38-31(44)28-18-33(17-27(39-48-33)21-6-4-7-22(34)16-21)19-40(28)29(42)14-15-35-49(46,47)25-12-10-23(11-13-25)36-20(2)41/h4,6-7,10-13,16,24,26,28,35H,3,5,8-9,14-15,17-19H2,1-2H3,(H,36,41)(H,37,45)(H,38,44)/t26-,28-,33+/m0/s1. The molecule has 1 aliphatic carbocycles. The molecule has 3 aliphatic rings. The zero-order chi connectivity index (χ0) is 35.3. The summed E-state index contributed by atoms with van der Waals surface area (Å²) in [5, 5.41) is 12.7. The van der Waals surface area contributed by atoms with E-state index in [4.69, 9.17) is 16.4 Å². The van der Waals surface area contributed by atoms with Crippen LogP contribution in [0, 0.1) is 0 Å². The summed E-state index contributed by atoms with van der Waals surface area (Å²) >= 11 is 6.18. The number of oxime groups is 1. The number of ketones is 1. The van der Waals surface area contributed by atoms with Crippen molar-refractivity contribution in [3.05, 3.63) is 59.1 Å². The maximum absolute atomic E-state index is 13.8. The molecule has 2 aromatic carbocycles. The van der Waals surface area contributed by atoms with Gasteiger partial charge in [-0.25, -0.2) is 13.1 Å². The van der Waals surface area contributed by atoms with Gasteiger partial charge in [0.05, 0.1) is 23.2 Å². The third-order valence-corrected chi connectivity index (χ3v) is 10.2. The number of carbonyl (C=O) groups is 5. The minimum Gasteiger partial charge on any atom is -0.387 e. The molecule has 2 fully saturated rings. The first kappa shape index (κ1) is 36.0. The van der Waals surface area contributed by atoms with E-state index < -0.39 is 51.2 Å². The van der Waals surface area contributed by atoms with Crippen molar-refractivity contribution >= 4 is 62.4 Å². The summed E-state index contributed by atoms with van der Waals surface area (Å²) in [5.41, 5.74) is 0.684. The molecule has 1 saturated carbocycles. The zero-order valence-corrected chi connectivity index (χ0v) is 28.7. The molecule has 0 radical (unpaired) electrons. The fraction of sp³-hybridized carbons (Fsp3) is 0.455. The molecular formula is C33H39ClN6O8S. The first-order valence-electron chi connectivity index (χ1n) is 16.1. The first-order chi connectivity index (χ1) is 23.3. The predicted molar refractivity (Wildman–Crippen MR) is 180 cm³/mol. The molecule has 1 spiro atoms. The van der Waals surface area contributed by atoms with Gasteiger partial charge in [0.1, 0.15) is 6.04 Å². The highest BCUT2D eigenvalue weighted by molar-refractivity contribution is 7.89. The Morgan fingerprint density at radius 3 is 2.49 bits per heavy atom. The van der Waals surface area contributed by atoms with Gasteiger partial charge in [0, 0.05) is 55.0 Å². The number of nitrogens with zero attached hydrogens (tertiary/aromatic N) is 2. The number of carbonyl (C=O) groups excluding carboxylic acids is 5. The Morgan fingerprint density at radius 1 is 1.10 bits per heavy atom. The van der Waals surface area contributed by atoms with Crippen molar-refractivity contribution in [2.24, 2.45) is 5.16 Å². The Balaban J connectivity index is 1.29. The second-order valence-electron chi connectivity index (χ2n) is 12.6. The minimum absolute atomic E-state index is 0.0244. The number of benzene rings is 2. The number of Topliss-reactive ketones (excluding diaryl/α,β-unsaturated/α-hetero) is 1. The smallest absolute Gasteiger partial charge is 0.289 e. The number of nitrogens with one attached hydrogen (secondary N) is 4. The lowest BCUT2D eigenvalue weighted by molar-refractivity contribution is -0.142. The number of amides is 4. The van der Waals surface area contributed by atoms with E-state index in [-0.39, 0.29) is 55.6 Å². The van der Waals surface area contributed by atoms with Crippen LogP contribution in [-0.4, -0.2) is 85.3 Å². The lowest BCUT2D eigenvalue weighted by atomic mass is 9.91. The van der Waals surface area contributed by atoms with Gasteiger partial charge < -0.3 is 25.7 Å². The van der Waals surface area contributed by atoms with Gasteiger partial charge in [0.2, 0.25) is 33.5 Å². The molecule has 2 aliphatic heterocycles. The molecule has 3 atom stereocenters. The highest BCUT2D eigenvalue weighted by atomic mass is 35.5. The van der Waals surface area contributed by atoms with Crippen LogP contribution >= 0.6 is 11.6 Å². The van der Waals surface area contributed by atoms with E-state index in [1.165, 1.54) is 36.1 Å². The van der Waals surface area contributed by atoms with Gasteiger partial charge in [-0.05, 0) is 55.7 Å². The summed E-state index contributed by atoms with van der Waals surface area (Å²) in [6.07, 6.45) is 2.36. The molecular weight excluding hydrogens is 676 g/mol. The highest BCUT2D eigenvalue weighted by Gasteiger charge is 2.54. The van der Waals surface area contributed by atoms with Crippen LogP contribution in [0.4, 0.5) is 5.69 Å². The van der Waals surface area contributed by atoms with E-state index in [0.717, 1.165) is 18.4 Å². The monoisotopic (exact) mass is 714 g/mol. The summed E-state index contributed by atoms with van der Waals surface area (Å²) in [6.45, 7) is 2.87. The molecule has 2 heterocycles. The SMILES string of the molecule is CCC[C@H](NC(=O)[C@@H]1C[C@]2(CC(c3cccc(Cl)c3)=NO2)CN1C(=O)CCNS(=O)(=O)c1ccc(NC(C)=O)cc1)C(=O)C(=O)NC1CC1. The maximum atomic E-state index is 13.8. The molecule has 4 N–H and O–H groups in total. The Kier molecular flexibility index (Phi) is 11.0. The molecule has 0 bridgehead atoms. The van der Waals surface area contributed by atoms with Crippen LogP contribution in [0.25, 0.3) is 0 Å². The van der Waals surface area contributed by atoms with Crippen molar-refractivity contribution in [1.82, 2.24) is 20.3 Å². The van der Waals surface area contributed by atoms with Gasteiger partial charge >= 0.3 is 0 Å². The molecule has 14 nitrogen and oxygen atoms in total. The van der Waals surface area contributed by atoms with Crippen molar-refractivity contribution in [3.63, 3.8) is 0 Å². The molecule has 2 aromatic rings. The molecule has 4 amide bonds. The van der Waals surface area contributed by atoms with E-state index in [1.54, 1.807) is 18.2 Å². The van der Waals surface area contributed by atoms with Crippen LogP contribution in [-0.2, 0) is 38.8 Å². The summed E-state index contributed by atoms with van der Waals surface area (Å²) in [5.74, 6) is -2.96. The molecule has 262 valence electrons. The number of rotatable bonds is 14. The number of hydrogen-bond donors (Lipinski definition) is 4. The van der Waals surface area contributed by atoms with Crippen LogP contribution in [0.15, 0.2) is 58.6 Å². The largest absolute Gasteiger partial charge is 0.387 e. The maximum Gasteiger partial charge on any atom is 0.289 e. The van der Waals surface area contributed by atoms with E-state index in [9.17, 15) is 32.4 Å². The van der Waals surface area contributed by atoms with Gasteiger partial charge in [0.15, 0.2) is 5.60 Å². The molecule has 16 heteroatoms. The Hall–Kier alpha value is -4.34. The fourth-order valence-electron chi connectivity index (χ4n) is 5.89. The van der Waals surface area contributed by atoms with Crippen molar-refractivity contribution in [2.75, 3.05) is 18.4 Å². The number of hydrogen-bond acceptors (Lipinski definition) is 9. The zero-order valence-electron chi connectivity index (χ0n) is 27.2. The van der Waals surface area contributed by atoms with Crippen molar-refractivity contribution in [3.8, 4) is 0 Å². The highest BCUT2D eigenvalue weighted by Crippen LogP contribution is 2.39. The van der Waals surface area contributed by atoms with E-state index in [1.807, 2.05) is 13.0 Å². The van der Waals surface area contributed by atoms with Crippen LogP contribution in [0.2, 0.25) is 5.02 Å². The molecule has 0 aromatic heterocycles. The summed E-state index contributed by atoms with van der Waals surface area (Å²) in [6, 6.07) is 10.4. The second kappa shape index (κ2) is 15.0. The average molecular weight is 715 g/mol. The Morgan fingerprint density at radius 2 is 1.84 bits per heavy atom. The Labute approximate surface area is 289 Å². The van der Waals surface area contributed by atoms with Crippen LogP contribution in [0.3, 0.4) is 0 Å². The summed E-state index contributed by atoms with van der Waals surface area (Å²) < 4.78 is 28.2. The van der Waals surface area contributed by atoms with Gasteiger partial charge in [-0.3, -0.25) is 24.0 Å². The third kappa shape index (κ3) is 9.02. The topological polar surface area (TPSA) is 192 Å². The quantitative estimate of drug-likeness (QED) is 0.214. The van der Waals surface area contributed by atoms with E-state index in [0.29, 0.717) is 22.8 Å². The number of sulfonamides is 1. The fourth-order valence-corrected chi connectivity index (χ4v) is 7.11. The average Bonchev–Trinajstić information content (AvgIpc) is 3.65. The third-order valence-electron chi connectivity index (χ3n) is 8.48. The van der Waals surface area contributed by atoms with Crippen LogP contribution in [0.1, 0.15) is 64.4 Å². The Bertz CT molecular complexity index is 1760. The molecule has 5 rings (SSSR count). The van der Waals surface area contributed by atoms with E-state index >= 15 is 0 Å². The lowest BCUT2D eigenvalue weighted by Crippen LogP contribution is -2.53. The summed E-state index contributed by atoms with van der Waals surface area (Å²) in [4.78, 5) is 71.5. The van der Waals surface area contributed by atoms with Gasteiger partial charge in [-0.2, -0.15) is 0 Å². The van der Waals surface area contributed by atoms with Crippen LogP contribution < -0.4 is 20.7 Å². The number of likely N-dealkylation sites (tertiary alicyclic amines) is 1. The lowest BCUT2D eigenvalue weighted by Gasteiger charge is -2.26. The summed E-state index contributed by atoms with van der Waals surface area (Å²) in [7, 11) is -4.00.